The molecule has 0 saturated carbocycles. The number of benzene rings is 1. The van der Waals surface area contributed by atoms with Crippen LogP contribution in [0.25, 0.3) is 0 Å². The van der Waals surface area contributed by atoms with Gasteiger partial charge in [0.1, 0.15) is 5.75 Å². The fourth-order valence-electron chi connectivity index (χ4n) is 1.47. The molecule has 1 aromatic carbocycles. The van der Waals surface area contributed by atoms with E-state index >= 15 is 0 Å². The summed E-state index contributed by atoms with van der Waals surface area (Å²) in [5, 5.41) is 3.33. The first-order valence-electron chi connectivity index (χ1n) is 5.45. The van der Waals surface area contributed by atoms with Crippen LogP contribution >= 0.6 is 11.8 Å². The van der Waals surface area contributed by atoms with E-state index in [1.807, 2.05) is 30.0 Å². The van der Waals surface area contributed by atoms with Gasteiger partial charge in [-0.05, 0) is 37.0 Å². The highest BCUT2D eigenvalue weighted by Crippen LogP contribution is 2.28. The fraction of sp³-hybridized carbons (Fsp3) is 0.500. The van der Waals surface area contributed by atoms with Crippen molar-refractivity contribution in [2.45, 2.75) is 12.8 Å². The lowest BCUT2D eigenvalue weighted by Crippen LogP contribution is -2.05. The number of nitrogens with two attached hydrogens (primary N) is 1. The Morgan fingerprint density at radius 2 is 2.19 bits per heavy atom. The van der Waals surface area contributed by atoms with E-state index in [-0.39, 0.29) is 0 Å². The highest BCUT2D eigenvalue weighted by molar-refractivity contribution is 7.98. The Kier molecular flexibility index (Phi) is 5.93. The standard InChI is InChI=1S/C12H20N2OS/c1-15-11-7-5-6-10(12(11)13)14-8-3-4-9-16-2/h5-7,14H,3-4,8-9,13H2,1-2H3. The molecule has 0 aliphatic rings. The van der Waals surface area contributed by atoms with E-state index in [1.165, 1.54) is 12.2 Å². The first-order chi connectivity index (χ1) is 7.79. The summed E-state index contributed by atoms with van der Waals surface area (Å²) < 4.78 is 5.16. The average molecular weight is 240 g/mol. The Morgan fingerprint density at radius 3 is 2.88 bits per heavy atom. The molecule has 0 fully saturated rings. The molecular formula is C12H20N2OS. The van der Waals surface area contributed by atoms with E-state index in [1.54, 1.807) is 7.11 Å². The molecule has 0 radical (unpaired) electrons. The summed E-state index contributed by atoms with van der Waals surface area (Å²) in [7, 11) is 1.63. The number of methoxy groups -OCH3 is 1. The van der Waals surface area contributed by atoms with Crippen molar-refractivity contribution in [2.24, 2.45) is 0 Å². The van der Waals surface area contributed by atoms with Crippen LogP contribution in [0.5, 0.6) is 5.75 Å². The van der Waals surface area contributed by atoms with E-state index in [9.17, 15) is 0 Å². The van der Waals surface area contributed by atoms with Crippen molar-refractivity contribution in [3.63, 3.8) is 0 Å². The van der Waals surface area contributed by atoms with E-state index in [0.717, 1.165) is 24.4 Å². The molecular weight excluding hydrogens is 220 g/mol. The summed E-state index contributed by atoms with van der Waals surface area (Å²) in [6.07, 6.45) is 4.53. The zero-order valence-corrected chi connectivity index (χ0v) is 10.8. The van der Waals surface area contributed by atoms with Gasteiger partial charge in [-0.25, -0.2) is 0 Å². The Morgan fingerprint density at radius 1 is 1.38 bits per heavy atom. The van der Waals surface area contributed by atoms with E-state index in [2.05, 4.69) is 11.6 Å². The second-order valence-corrected chi connectivity index (χ2v) is 4.53. The minimum Gasteiger partial charge on any atom is -0.495 e. The van der Waals surface area contributed by atoms with Gasteiger partial charge in [-0.15, -0.1) is 0 Å². The third-order valence-corrected chi connectivity index (χ3v) is 3.07. The first-order valence-corrected chi connectivity index (χ1v) is 6.84. The van der Waals surface area contributed by atoms with Gasteiger partial charge in [-0.3, -0.25) is 0 Å². The fourth-order valence-corrected chi connectivity index (χ4v) is 1.96. The van der Waals surface area contributed by atoms with Gasteiger partial charge in [0.15, 0.2) is 0 Å². The smallest absolute Gasteiger partial charge is 0.143 e. The number of rotatable bonds is 7. The number of hydrogen-bond donors (Lipinski definition) is 2. The minimum absolute atomic E-state index is 0.690. The molecule has 4 heteroatoms. The number of nitrogens with one attached hydrogen (secondary N) is 1. The Hall–Kier alpha value is -1.03. The van der Waals surface area contributed by atoms with Crippen molar-refractivity contribution in [1.82, 2.24) is 0 Å². The summed E-state index contributed by atoms with van der Waals surface area (Å²) in [5.41, 5.74) is 7.59. The number of thioether (sulfide) groups is 1. The van der Waals surface area contributed by atoms with Crippen molar-refractivity contribution >= 4 is 23.1 Å². The van der Waals surface area contributed by atoms with Crippen molar-refractivity contribution < 1.29 is 4.74 Å². The van der Waals surface area contributed by atoms with Gasteiger partial charge < -0.3 is 15.8 Å². The van der Waals surface area contributed by atoms with Crippen molar-refractivity contribution in [2.75, 3.05) is 36.7 Å². The van der Waals surface area contributed by atoms with Crippen molar-refractivity contribution in [3.05, 3.63) is 18.2 Å². The van der Waals surface area contributed by atoms with E-state index in [4.69, 9.17) is 10.5 Å². The van der Waals surface area contributed by atoms with Crippen LogP contribution in [-0.2, 0) is 0 Å². The number of nitrogen functional groups attached to an aromatic ring is 1. The maximum Gasteiger partial charge on any atom is 0.143 e. The number of ether oxygens (including phenoxy) is 1. The maximum atomic E-state index is 5.94. The molecule has 16 heavy (non-hydrogen) atoms. The van der Waals surface area contributed by atoms with Crippen LogP contribution in [0, 0.1) is 0 Å². The summed E-state index contributed by atoms with van der Waals surface area (Å²) in [4.78, 5) is 0. The highest BCUT2D eigenvalue weighted by atomic mass is 32.2. The molecule has 0 aliphatic heterocycles. The zero-order valence-electron chi connectivity index (χ0n) is 9.95. The quantitative estimate of drug-likeness (QED) is 0.568. The van der Waals surface area contributed by atoms with E-state index < -0.39 is 0 Å². The van der Waals surface area contributed by atoms with Crippen LogP contribution in [0.1, 0.15) is 12.8 Å². The Balaban J connectivity index is 2.41. The molecule has 0 heterocycles. The third kappa shape index (κ3) is 3.85. The largest absolute Gasteiger partial charge is 0.495 e. The molecule has 0 atom stereocenters. The normalized spacial score (nSPS) is 10.1. The monoisotopic (exact) mass is 240 g/mol. The SMILES string of the molecule is COc1cccc(NCCCCSC)c1N. The second-order valence-electron chi connectivity index (χ2n) is 3.55. The van der Waals surface area contributed by atoms with Gasteiger partial charge in [-0.1, -0.05) is 6.07 Å². The van der Waals surface area contributed by atoms with E-state index in [0.29, 0.717) is 5.69 Å². The number of unbranched alkanes of at least 4 members (excludes halogenated alkanes) is 1. The number of para-hydroxylation sites is 1. The molecule has 90 valence electrons. The highest BCUT2D eigenvalue weighted by Gasteiger charge is 2.03. The van der Waals surface area contributed by atoms with Gasteiger partial charge in [0, 0.05) is 6.54 Å². The lowest BCUT2D eigenvalue weighted by atomic mass is 10.2. The number of anilines is 2. The minimum atomic E-state index is 0.690. The molecule has 0 bridgehead atoms. The Bertz CT molecular complexity index is 318. The molecule has 0 aromatic heterocycles. The van der Waals surface area contributed by atoms with Crippen molar-refractivity contribution in [3.8, 4) is 5.75 Å². The second kappa shape index (κ2) is 7.28. The number of hydrogen-bond acceptors (Lipinski definition) is 4. The van der Waals surface area contributed by atoms with Crippen LogP contribution in [0.2, 0.25) is 0 Å². The molecule has 0 unspecified atom stereocenters. The summed E-state index contributed by atoms with van der Waals surface area (Å²) in [5.74, 6) is 1.95. The van der Waals surface area contributed by atoms with Crippen LogP contribution in [0.3, 0.4) is 0 Å². The van der Waals surface area contributed by atoms with Crippen LogP contribution < -0.4 is 15.8 Å². The summed E-state index contributed by atoms with van der Waals surface area (Å²) in [6, 6.07) is 5.79. The predicted octanol–water partition coefficient (Wildman–Crippen LogP) is 2.83. The van der Waals surface area contributed by atoms with Gasteiger partial charge in [-0.2, -0.15) is 11.8 Å². The average Bonchev–Trinajstić information content (AvgIpc) is 2.31. The first kappa shape index (κ1) is 13.0. The van der Waals surface area contributed by atoms with Crippen LogP contribution in [0.15, 0.2) is 18.2 Å². The third-order valence-electron chi connectivity index (χ3n) is 2.38. The molecule has 0 amide bonds. The molecule has 3 nitrogen and oxygen atoms in total. The Labute approximate surface area is 102 Å². The maximum absolute atomic E-state index is 5.94. The lowest BCUT2D eigenvalue weighted by molar-refractivity contribution is 0.417. The van der Waals surface area contributed by atoms with Crippen LogP contribution in [-0.4, -0.2) is 25.7 Å². The van der Waals surface area contributed by atoms with Crippen molar-refractivity contribution in [1.29, 1.82) is 0 Å². The molecule has 1 rings (SSSR count). The molecule has 0 saturated heterocycles. The van der Waals surface area contributed by atoms with Gasteiger partial charge in [0.25, 0.3) is 0 Å². The van der Waals surface area contributed by atoms with Crippen LogP contribution in [0.4, 0.5) is 11.4 Å². The molecule has 0 aliphatic carbocycles. The van der Waals surface area contributed by atoms with Gasteiger partial charge in [0.2, 0.25) is 0 Å². The lowest BCUT2D eigenvalue weighted by Gasteiger charge is -2.11. The predicted molar refractivity (Wildman–Crippen MR) is 73.5 cm³/mol. The molecule has 1 aromatic rings. The molecule has 3 N–H and O–H groups in total. The van der Waals surface area contributed by atoms with Gasteiger partial charge >= 0.3 is 0 Å². The summed E-state index contributed by atoms with van der Waals surface area (Å²) in [6.45, 7) is 0.956. The molecule has 0 spiro atoms. The van der Waals surface area contributed by atoms with Gasteiger partial charge in [0.05, 0.1) is 18.5 Å². The zero-order chi connectivity index (χ0) is 11.8. The topological polar surface area (TPSA) is 47.3 Å². The summed E-state index contributed by atoms with van der Waals surface area (Å²) >= 11 is 1.88.